The van der Waals surface area contributed by atoms with Gasteiger partial charge >= 0.3 is 5.97 Å². The topological polar surface area (TPSA) is 95.4 Å². The van der Waals surface area contributed by atoms with E-state index in [0.717, 1.165) is 5.69 Å². The Morgan fingerprint density at radius 1 is 1.39 bits per heavy atom. The van der Waals surface area contributed by atoms with E-state index >= 15 is 0 Å². The van der Waals surface area contributed by atoms with Crippen LogP contribution in [0.3, 0.4) is 0 Å². The summed E-state index contributed by atoms with van der Waals surface area (Å²) in [6.07, 6.45) is 0.368. The number of esters is 1. The Balaban J connectivity index is 2.06. The van der Waals surface area contributed by atoms with E-state index in [9.17, 15) is 9.59 Å². The SMILES string of the molecule is CC(C)(C)OC(=O)c1ccc(N2CC(CN=[N+]=[N-])CC2=O)cc1. The number of hydrogen-bond donors (Lipinski definition) is 0. The number of benzene rings is 1. The first-order valence-electron chi connectivity index (χ1n) is 7.45. The molecular weight excluding hydrogens is 296 g/mol. The Labute approximate surface area is 134 Å². The molecule has 2 rings (SSSR count). The normalized spacial score (nSPS) is 17.8. The van der Waals surface area contributed by atoms with Crippen molar-refractivity contribution in [3.63, 3.8) is 0 Å². The number of amides is 1. The molecule has 1 aliphatic rings. The predicted octanol–water partition coefficient (Wildman–Crippen LogP) is 3.31. The molecule has 1 atom stereocenters. The number of azide groups is 1. The molecule has 1 amide bonds. The van der Waals surface area contributed by atoms with Gasteiger partial charge in [0.1, 0.15) is 5.60 Å². The fraction of sp³-hybridized carbons (Fsp3) is 0.500. The van der Waals surface area contributed by atoms with Gasteiger partial charge in [0.25, 0.3) is 0 Å². The molecule has 1 aliphatic heterocycles. The summed E-state index contributed by atoms with van der Waals surface area (Å²) in [6, 6.07) is 6.76. The molecule has 1 aromatic carbocycles. The van der Waals surface area contributed by atoms with Crippen molar-refractivity contribution in [3.8, 4) is 0 Å². The Bertz CT molecular complexity index is 642. The van der Waals surface area contributed by atoms with Crippen molar-refractivity contribution >= 4 is 17.6 Å². The summed E-state index contributed by atoms with van der Waals surface area (Å²) in [7, 11) is 0. The van der Waals surface area contributed by atoms with Crippen LogP contribution in [0.5, 0.6) is 0 Å². The lowest BCUT2D eigenvalue weighted by Crippen LogP contribution is -2.25. The van der Waals surface area contributed by atoms with Gasteiger partial charge in [-0.1, -0.05) is 5.11 Å². The molecule has 0 N–H and O–H groups in total. The van der Waals surface area contributed by atoms with Crippen LogP contribution in [-0.2, 0) is 9.53 Å². The maximum atomic E-state index is 12.1. The van der Waals surface area contributed by atoms with Gasteiger partial charge in [-0.05, 0) is 56.5 Å². The van der Waals surface area contributed by atoms with Crippen molar-refractivity contribution in [2.24, 2.45) is 11.0 Å². The summed E-state index contributed by atoms with van der Waals surface area (Å²) >= 11 is 0. The van der Waals surface area contributed by atoms with Crippen molar-refractivity contribution in [2.75, 3.05) is 18.0 Å². The van der Waals surface area contributed by atoms with Gasteiger partial charge < -0.3 is 9.64 Å². The minimum Gasteiger partial charge on any atom is -0.456 e. The standard InChI is InChI=1S/C16H20N4O3/c1-16(2,3)23-15(22)12-4-6-13(7-5-12)20-10-11(8-14(20)21)9-18-19-17/h4-7,11H,8-10H2,1-3H3. The van der Waals surface area contributed by atoms with E-state index in [-0.39, 0.29) is 11.8 Å². The van der Waals surface area contributed by atoms with Gasteiger partial charge in [-0.3, -0.25) is 4.79 Å². The summed E-state index contributed by atoms with van der Waals surface area (Å²) in [5.41, 5.74) is 8.98. The van der Waals surface area contributed by atoms with Gasteiger partial charge in [-0.2, -0.15) is 0 Å². The van der Waals surface area contributed by atoms with E-state index < -0.39 is 11.6 Å². The monoisotopic (exact) mass is 316 g/mol. The largest absolute Gasteiger partial charge is 0.456 e. The van der Waals surface area contributed by atoms with E-state index in [1.807, 2.05) is 20.8 Å². The zero-order valence-corrected chi connectivity index (χ0v) is 13.5. The molecule has 7 nitrogen and oxygen atoms in total. The molecule has 0 bridgehead atoms. The van der Waals surface area contributed by atoms with Crippen molar-refractivity contribution in [2.45, 2.75) is 32.8 Å². The van der Waals surface area contributed by atoms with Crippen molar-refractivity contribution in [3.05, 3.63) is 40.3 Å². The van der Waals surface area contributed by atoms with E-state index in [2.05, 4.69) is 10.0 Å². The second-order valence-corrected chi connectivity index (χ2v) is 6.54. The average molecular weight is 316 g/mol. The molecule has 122 valence electrons. The smallest absolute Gasteiger partial charge is 0.338 e. The molecule has 0 aromatic heterocycles. The number of hydrogen-bond acceptors (Lipinski definition) is 4. The second kappa shape index (κ2) is 6.71. The van der Waals surface area contributed by atoms with Gasteiger partial charge in [0, 0.05) is 30.1 Å². The highest BCUT2D eigenvalue weighted by Gasteiger charge is 2.30. The van der Waals surface area contributed by atoms with Gasteiger partial charge in [-0.25, -0.2) is 4.79 Å². The Morgan fingerprint density at radius 3 is 2.61 bits per heavy atom. The van der Waals surface area contributed by atoms with E-state index in [1.165, 1.54) is 0 Å². The molecule has 7 heteroatoms. The molecular formula is C16H20N4O3. The molecule has 0 aliphatic carbocycles. The lowest BCUT2D eigenvalue weighted by atomic mass is 10.1. The minimum absolute atomic E-state index is 0.00634. The van der Waals surface area contributed by atoms with Gasteiger partial charge in [0.2, 0.25) is 5.91 Å². The molecule has 23 heavy (non-hydrogen) atoms. The van der Waals surface area contributed by atoms with Crippen LogP contribution in [0.4, 0.5) is 5.69 Å². The number of anilines is 1. The Hall–Kier alpha value is -2.53. The number of ether oxygens (including phenoxy) is 1. The van der Waals surface area contributed by atoms with Crippen LogP contribution in [-0.4, -0.2) is 30.6 Å². The van der Waals surface area contributed by atoms with E-state index in [0.29, 0.717) is 25.1 Å². The van der Waals surface area contributed by atoms with Gasteiger partial charge in [-0.15, -0.1) is 0 Å². The fourth-order valence-corrected chi connectivity index (χ4v) is 2.42. The highest BCUT2D eigenvalue weighted by atomic mass is 16.6. The maximum Gasteiger partial charge on any atom is 0.338 e. The van der Waals surface area contributed by atoms with Crippen molar-refractivity contribution in [1.82, 2.24) is 0 Å². The maximum absolute atomic E-state index is 12.1. The van der Waals surface area contributed by atoms with Crippen molar-refractivity contribution in [1.29, 1.82) is 0 Å². The lowest BCUT2D eigenvalue weighted by Gasteiger charge is -2.20. The highest BCUT2D eigenvalue weighted by molar-refractivity contribution is 5.96. The van der Waals surface area contributed by atoms with Gasteiger partial charge in [0.05, 0.1) is 5.56 Å². The third-order valence-corrected chi connectivity index (χ3v) is 3.42. The minimum atomic E-state index is -0.546. The summed E-state index contributed by atoms with van der Waals surface area (Å²) in [5, 5.41) is 3.53. The van der Waals surface area contributed by atoms with Crippen LogP contribution >= 0.6 is 0 Å². The number of carbonyl (C=O) groups excluding carboxylic acids is 2. The first kappa shape index (κ1) is 16.8. The molecule has 0 saturated carbocycles. The van der Waals surface area contributed by atoms with Crippen LogP contribution in [0.25, 0.3) is 10.4 Å². The van der Waals surface area contributed by atoms with Crippen LogP contribution in [0, 0.1) is 5.92 Å². The lowest BCUT2D eigenvalue weighted by molar-refractivity contribution is -0.117. The summed E-state index contributed by atoms with van der Waals surface area (Å²) < 4.78 is 5.31. The molecule has 1 unspecified atom stereocenters. The van der Waals surface area contributed by atoms with Crippen molar-refractivity contribution < 1.29 is 14.3 Å². The van der Waals surface area contributed by atoms with Crippen LogP contribution < -0.4 is 4.90 Å². The fourth-order valence-electron chi connectivity index (χ4n) is 2.42. The average Bonchev–Trinajstić information content (AvgIpc) is 2.84. The second-order valence-electron chi connectivity index (χ2n) is 6.54. The van der Waals surface area contributed by atoms with Crippen LogP contribution in [0.15, 0.2) is 29.4 Å². The molecule has 0 radical (unpaired) electrons. The first-order chi connectivity index (χ1) is 10.8. The highest BCUT2D eigenvalue weighted by Crippen LogP contribution is 2.26. The molecule has 1 aromatic rings. The summed E-state index contributed by atoms with van der Waals surface area (Å²) in [5.74, 6) is -0.366. The zero-order valence-electron chi connectivity index (χ0n) is 13.5. The van der Waals surface area contributed by atoms with E-state index in [1.54, 1.807) is 29.2 Å². The third kappa shape index (κ3) is 4.47. The summed E-state index contributed by atoms with van der Waals surface area (Å²) in [4.78, 5) is 28.4. The molecule has 1 fully saturated rings. The Morgan fingerprint density at radius 2 is 2.04 bits per heavy atom. The van der Waals surface area contributed by atoms with Crippen LogP contribution in [0.2, 0.25) is 0 Å². The summed E-state index contributed by atoms with van der Waals surface area (Å²) in [6.45, 7) is 6.27. The molecule has 1 heterocycles. The zero-order chi connectivity index (χ0) is 17.0. The van der Waals surface area contributed by atoms with Gasteiger partial charge in [0.15, 0.2) is 0 Å². The molecule has 0 spiro atoms. The first-order valence-corrected chi connectivity index (χ1v) is 7.45. The quantitative estimate of drug-likeness (QED) is 0.369. The van der Waals surface area contributed by atoms with Crippen LogP contribution in [0.1, 0.15) is 37.6 Å². The van der Waals surface area contributed by atoms with E-state index in [4.69, 9.17) is 10.3 Å². The molecule has 1 saturated heterocycles. The number of rotatable bonds is 4. The third-order valence-electron chi connectivity index (χ3n) is 3.42. The number of nitrogens with zero attached hydrogens (tertiary/aromatic N) is 4. The predicted molar refractivity (Wildman–Crippen MR) is 86.1 cm³/mol. The number of carbonyl (C=O) groups is 2. The Kier molecular flexibility index (Phi) is 4.91.